The molecule has 0 radical (unpaired) electrons. The van der Waals surface area contributed by atoms with Crippen LogP contribution >= 0.6 is 11.6 Å². The molecule has 1 amide bonds. The first-order valence-corrected chi connectivity index (χ1v) is 19.3. The largest absolute Gasteiger partial charge is 0.490 e. The summed E-state index contributed by atoms with van der Waals surface area (Å²) in [6, 6.07) is 11.1. The van der Waals surface area contributed by atoms with Crippen molar-refractivity contribution in [3.63, 3.8) is 0 Å². The molecule has 6 rings (SSSR count). The summed E-state index contributed by atoms with van der Waals surface area (Å²) in [7, 11) is -4.19. The first-order chi connectivity index (χ1) is 22.9. The van der Waals surface area contributed by atoms with E-state index < -0.39 is 21.5 Å². The number of fused-ring (bicyclic) bond motifs is 4. The number of benzene rings is 2. The van der Waals surface area contributed by atoms with E-state index in [1.165, 1.54) is 17.2 Å². The van der Waals surface area contributed by atoms with Crippen LogP contribution in [0.5, 0.6) is 5.75 Å². The highest BCUT2D eigenvalue weighted by atomic mass is 35.5. The molecule has 48 heavy (non-hydrogen) atoms. The number of halogens is 1. The Labute approximate surface area is 291 Å². The van der Waals surface area contributed by atoms with Gasteiger partial charge in [-0.15, -0.1) is 0 Å². The van der Waals surface area contributed by atoms with E-state index in [0.29, 0.717) is 31.4 Å². The molecule has 1 fully saturated rings. The maximum absolute atomic E-state index is 13.6. The zero-order valence-corrected chi connectivity index (χ0v) is 30.2. The molecule has 2 aliphatic carbocycles. The summed E-state index contributed by atoms with van der Waals surface area (Å²) in [4.78, 5) is 18.0. The number of amides is 1. The van der Waals surface area contributed by atoms with E-state index >= 15 is 0 Å². The predicted octanol–water partition coefficient (Wildman–Crippen LogP) is 5.74. The lowest BCUT2D eigenvalue weighted by molar-refractivity contribution is -0.139. The second kappa shape index (κ2) is 14.3. The third-order valence-electron chi connectivity index (χ3n) is 10.9. The Morgan fingerprint density at radius 2 is 1.94 bits per heavy atom. The van der Waals surface area contributed by atoms with Crippen LogP contribution in [0.2, 0.25) is 5.02 Å². The van der Waals surface area contributed by atoms with Crippen LogP contribution in [0, 0.1) is 11.8 Å². The molecule has 2 heterocycles. The number of hydrogen-bond donors (Lipinski definition) is 1. The fraction of sp³-hybridized carbons (Fsp3) is 0.595. The maximum Gasteiger partial charge on any atom is 0.265 e. The van der Waals surface area contributed by atoms with Crippen molar-refractivity contribution in [1.82, 2.24) is 9.62 Å². The highest BCUT2D eigenvalue weighted by Crippen LogP contribution is 2.47. The first kappa shape index (κ1) is 35.2. The van der Waals surface area contributed by atoms with Gasteiger partial charge >= 0.3 is 0 Å². The number of nitrogens with zero attached hydrogens (tertiary/aromatic N) is 2. The first-order valence-electron chi connectivity index (χ1n) is 17.5. The van der Waals surface area contributed by atoms with E-state index in [9.17, 15) is 13.2 Å². The number of carbonyl (C=O) groups is 1. The number of ether oxygens (including phenoxy) is 3. The molecule has 1 N–H and O–H groups in total. The third kappa shape index (κ3) is 7.29. The molecule has 262 valence electrons. The molecule has 2 aromatic carbocycles. The lowest BCUT2D eigenvalue weighted by Crippen LogP contribution is -2.50. The molecule has 9 nitrogen and oxygen atoms in total. The van der Waals surface area contributed by atoms with Crippen molar-refractivity contribution in [2.24, 2.45) is 11.8 Å². The molecule has 1 spiro atoms. The minimum absolute atomic E-state index is 0.0144. The normalized spacial score (nSPS) is 28.8. The Bertz CT molecular complexity index is 1630. The van der Waals surface area contributed by atoms with E-state index in [1.54, 1.807) is 26.0 Å². The van der Waals surface area contributed by atoms with E-state index in [-0.39, 0.29) is 28.9 Å². The van der Waals surface area contributed by atoms with E-state index in [0.717, 1.165) is 69.0 Å². The molecule has 4 atom stereocenters. The zero-order valence-electron chi connectivity index (χ0n) is 28.7. The Morgan fingerprint density at radius 1 is 1.12 bits per heavy atom. The average molecular weight is 700 g/mol. The molecule has 2 aromatic rings. The minimum atomic E-state index is -4.19. The van der Waals surface area contributed by atoms with Gasteiger partial charge in [0.1, 0.15) is 11.4 Å². The second-order valence-corrected chi connectivity index (χ2v) is 16.4. The Morgan fingerprint density at radius 3 is 2.69 bits per heavy atom. The van der Waals surface area contributed by atoms with Crippen molar-refractivity contribution in [3.8, 4) is 5.75 Å². The van der Waals surface area contributed by atoms with Gasteiger partial charge in [-0.25, -0.2) is 13.1 Å². The number of sulfonamides is 1. The minimum Gasteiger partial charge on any atom is -0.490 e. The summed E-state index contributed by atoms with van der Waals surface area (Å²) >= 11 is 6.45. The Hall–Kier alpha value is -2.63. The fourth-order valence-corrected chi connectivity index (χ4v) is 9.11. The van der Waals surface area contributed by atoms with Gasteiger partial charge in [0.25, 0.3) is 15.9 Å². The summed E-state index contributed by atoms with van der Waals surface area (Å²) in [5, 5.41) is 0.733. The van der Waals surface area contributed by atoms with Gasteiger partial charge < -0.3 is 24.0 Å². The van der Waals surface area contributed by atoms with Crippen LogP contribution in [0.1, 0.15) is 64.5 Å². The topological polar surface area (TPSA) is 97.4 Å². The molecule has 0 saturated heterocycles. The smallest absolute Gasteiger partial charge is 0.265 e. The number of rotatable bonds is 6. The predicted molar refractivity (Wildman–Crippen MR) is 188 cm³/mol. The average Bonchev–Trinajstić information content (AvgIpc) is 3.19. The number of nitrogens with one attached hydrogen (secondary N) is 1. The molecule has 0 aromatic heterocycles. The summed E-state index contributed by atoms with van der Waals surface area (Å²) in [6.45, 7) is 13.0. The van der Waals surface area contributed by atoms with Gasteiger partial charge in [-0.2, -0.15) is 0 Å². The van der Waals surface area contributed by atoms with Crippen molar-refractivity contribution in [3.05, 3.63) is 64.7 Å². The summed E-state index contributed by atoms with van der Waals surface area (Å²) in [5.41, 5.74) is 1.57. The molecule has 2 bridgehead atoms. The van der Waals surface area contributed by atoms with Crippen LogP contribution < -0.4 is 14.4 Å². The fourth-order valence-electron chi connectivity index (χ4n) is 7.79. The van der Waals surface area contributed by atoms with Gasteiger partial charge in [0.2, 0.25) is 0 Å². The lowest BCUT2D eigenvalue weighted by Gasteiger charge is -2.46. The number of likely N-dealkylation sites (N-methyl/N-ethyl adjacent to an activating group) is 1. The van der Waals surface area contributed by atoms with Crippen molar-refractivity contribution in [1.29, 1.82) is 0 Å². The standard InChI is InChI=1S/C37H50ClN3O6S/c1-5-40(6-2)18-20-45-33-10-8-19-47-36(3,4)35(42)39-48(43,44)29-13-16-34-32(22-29)41(23-27-11-14-30(27)33)24-37(25-46-34)17-7-9-26-21-28(38)12-15-31(26)37/h8,10,12-13,15-16,21-22,27,30,33H,5-7,9,11,14,17-20,23-25H2,1-4H3,(H,39,42)/b10-8+/t27-,30+,33-,37-/m0/s1. The number of carbonyl (C=O) groups excluding carboxylic acids is 1. The maximum atomic E-state index is 13.6. The van der Waals surface area contributed by atoms with Crippen LogP contribution in [0.15, 0.2) is 53.4 Å². The molecule has 2 aliphatic heterocycles. The second-order valence-electron chi connectivity index (χ2n) is 14.3. The molecule has 0 unspecified atom stereocenters. The third-order valence-corrected chi connectivity index (χ3v) is 12.5. The van der Waals surface area contributed by atoms with E-state index in [4.69, 9.17) is 25.8 Å². The highest BCUT2D eigenvalue weighted by molar-refractivity contribution is 7.90. The number of aryl methyl sites for hydroxylation is 1. The molecular weight excluding hydrogens is 650 g/mol. The van der Waals surface area contributed by atoms with Gasteiger partial charge in [-0.1, -0.05) is 43.7 Å². The number of hydrogen-bond acceptors (Lipinski definition) is 8. The molecular formula is C37H50ClN3O6S. The van der Waals surface area contributed by atoms with Crippen LogP contribution in [0.3, 0.4) is 0 Å². The Balaban J connectivity index is 1.39. The quantitative estimate of drug-likeness (QED) is 0.382. The van der Waals surface area contributed by atoms with Gasteiger partial charge in [0, 0.05) is 30.1 Å². The molecule has 11 heteroatoms. The van der Waals surface area contributed by atoms with Crippen LogP contribution in [0.4, 0.5) is 5.69 Å². The zero-order chi connectivity index (χ0) is 34.1. The van der Waals surface area contributed by atoms with Gasteiger partial charge in [0.15, 0.2) is 0 Å². The Kier molecular flexibility index (Phi) is 10.5. The van der Waals surface area contributed by atoms with Crippen LogP contribution in [0.25, 0.3) is 0 Å². The molecule has 1 saturated carbocycles. The lowest BCUT2D eigenvalue weighted by atomic mass is 9.68. The summed E-state index contributed by atoms with van der Waals surface area (Å²) in [6.07, 6.45) is 8.92. The molecule has 4 aliphatic rings. The highest BCUT2D eigenvalue weighted by Gasteiger charge is 2.45. The number of anilines is 1. The van der Waals surface area contributed by atoms with Crippen LogP contribution in [-0.4, -0.2) is 83.5 Å². The van der Waals surface area contributed by atoms with Crippen molar-refractivity contribution < 1.29 is 27.4 Å². The van der Waals surface area contributed by atoms with Crippen LogP contribution in [-0.2, 0) is 36.1 Å². The SMILES string of the molecule is CCN(CC)CCO[C@H]1/C=C/COC(C)(C)C(=O)NS(=O)(=O)c2ccc3c(c2)N(C[C@@H]2CC[C@H]21)C[C@@]1(CCCc2cc(Cl)ccc21)CO3. The monoisotopic (exact) mass is 699 g/mol. The summed E-state index contributed by atoms with van der Waals surface area (Å²) < 4.78 is 48.6. The van der Waals surface area contributed by atoms with Crippen molar-refractivity contribution >= 4 is 33.2 Å². The van der Waals surface area contributed by atoms with Gasteiger partial charge in [0.05, 0.1) is 36.5 Å². The van der Waals surface area contributed by atoms with Crippen molar-refractivity contribution in [2.75, 3.05) is 57.4 Å². The van der Waals surface area contributed by atoms with E-state index in [2.05, 4.69) is 46.6 Å². The van der Waals surface area contributed by atoms with Crippen molar-refractivity contribution in [2.45, 2.75) is 81.8 Å². The van der Waals surface area contributed by atoms with Gasteiger partial charge in [-0.3, -0.25) is 4.79 Å². The van der Waals surface area contributed by atoms with E-state index in [1.807, 2.05) is 12.1 Å². The summed E-state index contributed by atoms with van der Waals surface area (Å²) in [5.74, 6) is 0.532. The van der Waals surface area contributed by atoms with Gasteiger partial charge in [-0.05, 0) is 112 Å².